The van der Waals surface area contributed by atoms with Crippen LogP contribution in [0.25, 0.3) is 99.8 Å². The number of hydrogen-bond donors (Lipinski definition) is 0. The zero-order valence-electron chi connectivity index (χ0n) is 55.9. The van der Waals surface area contributed by atoms with Crippen molar-refractivity contribution in [2.75, 3.05) is 0 Å². The minimum Gasteiger partial charge on any atom is -0.510 e. The Balaban J connectivity index is 0.00000769. The van der Waals surface area contributed by atoms with E-state index in [1.165, 1.54) is 35.9 Å². The molecular weight excluding hydrogens is 1030 g/mol. The maximum atomic E-state index is 9.11. The molecule has 0 atom stereocenters. The van der Waals surface area contributed by atoms with E-state index >= 15 is 0 Å². The Hall–Kier alpha value is -8.31. The summed E-state index contributed by atoms with van der Waals surface area (Å²) in [6.45, 7) is 1.42. The maximum Gasteiger partial charge on any atom is 0.268 e. The molecule has 9 aromatic carbocycles. The Morgan fingerprint density at radius 2 is 1.25 bits per heavy atom. The Labute approximate surface area is 441 Å². The van der Waals surface area contributed by atoms with Crippen LogP contribution in [0.5, 0.6) is 11.5 Å². The van der Waals surface area contributed by atoms with Gasteiger partial charge in [0.05, 0.1) is 52.4 Å². The molecule has 13 rings (SSSR count). The predicted molar refractivity (Wildman–Crippen MR) is 275 cm³/mol. The number of rotatable bonds is 9. The molecule has 0 amide bonds. The zero-order valence-corrected chi connectivity index (χ0v) is 38.1. The summed E-state index contributed by atoms with van der Waals surface area (Å²) in [6, 6.07) is 25.0. The van der Waals surface area contributed by atoms with Gasteiger partial charge in [-0.25, -0.2) is 4.98 Å². The van der Waals surface area contributed by atoms with Crippen molar-refractivity contribution in [3.63, 3.8) is 0 Å². The Morgan fingerprint density at radius 3 is 1.97 bits per heavy atom. The van der Waals surface area contributed by atoms with E-state index in [9.17, 15) is 0 Å². The van der Waals surface area contributed by atoms with Crippen LogP contribution in [0.4, 0.5) is 0 Å². The van der Waals surface area contributed by atoms with Crippen LogP contribution < -0.4 is 9.30 Å². The third-order valence-electron chi connectivity index (χ3n) is 11.8. The Kier molecular flexibility index (Phi) is 6.49. The summed E-state index contributed by atoms with van der Waals surface area (Å²) in [5.74, 6) is 0.646. The van der Waals surface area contributed by atoms with Crippen LogP contribution in [0.2, 0.25) is 0 Å². The van der Waals surface area contributed by atoms with Gasteiger partial charge in [-0.3, -0.25) is 4.57 Å². The van der Waals surface area contributed by atoms with Gasteiger partial charge in [-0.05, 0) is 87.7 Å². The molecule has 0 unspecified atom stereocenters. The quantitative estimate of drug-likeness (QED) is 0.107. The molecule has 0 fully saturated rings. The number of benzene rings is 9. The number of pyridine rings is 1. The van der Waals surface area contributed by atoms with Crippen molar-refractivity contribution in [1.29, 1.82) is 0 Å². The second kappa shape index (κ2) is 17.4. The zero-order chi connectivity index (χ0) is 62.6. The molecule has 0 bridgehead atoms. The van der Waals surface area contributed by atoms with Crippen molar-refractivity contribution in [1.82, 2.24) is 18.7 Å². The van der Waals surface area contributed by atoms with E-state index in [2.05, 4.69) is 23.4 Å². The average molecular weight is 1090 g/mol. The van der Waals surface area contributed by atoms with Crippen molar-refractivity contribution in [2.24, 2.45) is 0 Å². The van der Waals surface area contributed by atoms with Crippen LogP contribution >= 0.6 is 0 Å². The van der Waals surface area contributed by atoms with E-state index in [0.29, 0.717) is 55.6 Å². The minimum absolute atomic E-state index is 0. The average Bonchev–Trinajstić information content (AvgIpc) is 1.59. The number of fused-ring (bicyclic) bond motifs is 7. The standard InChI is InChI=1S/C62H41N5O.Pt/c1-2-42-35-36-63-61(37-42)67-57-34-31-46(66-55-27-11-9-23-51(55)52-24-10-12-28-56(52)66)39-54(57)53-33-32-48(40-60(53)67)68-47-22-15-21-45(38-47)64-41-65(59-30-14-13-29-58(59)64)62-49(43-17-5-3-6-18-43)25-16-26-50(62)44-19-7-4-8-20-44;/h3-37,39H,2H2,1H3;/q-2;/i2D2,3D,4D,5D,6D,7D,8D,9D,10D,11D,12D,17D,18D,19D,20D,23D,24D,27D,28D;. The molecule has 0 radical (unpaired) electrons. The maximum absolute atomic E-state index is 9.11. The van der Waals surface area contributed by atoms with Crippen molar-refractivity contribution < 1.29 is 57.8 Å². The van der Waals surface area contributed by atoms with Gasteiger partial charge in [0.15, 0.2) is 0 Å². The summed E-state index contributed by atoms with van der Waals surface area (Å²) >= 11 is 0. The fraction of sp³-hybridized carbons (Fsp3) is 0.0323. The summed E-state index contributed by atoms with van der Waals surface area (Å²) in [7, 11) is 0. The van der Waals surface area contributed by atoms with Crippen LogP contribution in [0, 0.1) is 18.5 Å². The monoisotopic (exact) mass is 1090 g/mol. The van der Waals surface area contributed by atoms with E-state index in [-0.39, 0.29) is 82.3 Å². The molecule has 332 valence electrons. The number of aryl methyl sites for hydroxylation is 1. The predicted octanol–water partition coefficient (Wildman–Crippen LogP) is 14.6. The Morgan fingerprint density at radius 1 is 0.580 bits per heavy atom. The molecule has 13 aromatic rings. The molecule has 69 heavy (non-hydrogen) atoms. The van der Waals surface area contributed by atoms with E-state index in [1.807, 2.05) is 0 Å². The number of nitrogens with zero attached hydrogens (tertiary/aromatic N) is 5. The summed E-state index contributed by atoms with van der Waals surface area (Å²) in [4.78, 5) is 4.68. The van der Waals surface area contributed by atoms with Gasteiger partial charge in [0.2, 0.25) is 0 Å². The van der Waals surface area contributed by atoms with Gasteiger partial charge in [-0.1, -0.05) is 152 Å². The fourth-order valence-electron chi connectivity index (χ4n) is 8.83. The smallest absolute Gasteiger partial charge is 0.268 e. The van der Waals surface area contributed by atoms with Crippen LogP contribution in [0.15, 0.2) is 218 Å². The minimum atomic E-state index is -1.79. The number of para-hydroxylation sites is 5. The molecule has 0 saturated carbocycles. The molecule has 0 spiro atoms. The van der Waals surface area contributed by atoms with Crippen LogP contribution in [0.3, 0.4) is 0 Å². The van der Waals surface area contributed by atoms with Gasteiger partial charge in [0.25, 0.3) is 6.33 Å². The van der Waals surface area contributed by atoms with E-state index in [1.54, 1.807) is 98.6 Å². The number of hydrogen-bond acceptors (Lipinski definition) is 2. The van der Waals surface area contributed by atoms with E-state index in [0.717, 1.165) is 0 Å². The van der Waals surface area contributed by atoms with Crippen LogP contribution in [-0.4, -0.2) is 18.7 Å². The second-order valence-electron chi connectivity index (χ2n) is 15.5. The first-order valence-electron chi connectivity index (χ1n) is 31.2. The number of aromatic nitrogens is 5. The van der Waals surface area contributed by atoms with Gasteiger partial charge in [-0.2, -0.15) is 18.2 Å². The van der Waals surface area contributed by atoms with E-state index < -0.39 is 115 Å². The van der Waals surface area contributed by atoms with Crippen molar-refractivity contribution in [2.45, 2.75) is 13.3 Å². The van der Waals surface area contributed by atoms with Crippen LogP contribution in [-0.2, 0) is 27.4 Å². The first-order valence-corrected chi connectivity index (χ1v) is 21.2. The molecular formula is C62H41N5OPt-2. The van der Waals surface area contributed by atoms with Gasteiger partial charge < -0.3 is 18.4 Å². The van der Waals surface area contributed by atoms with Gasteiger partial charge >= 0.3 is 0 Å². The summed E-state index contributed by atoms with van der Waals surface area (Å²) in [5, 5.41) is 0.936. The van der Waals surface area contributed by atoms with Crippen molar-refractivity contribution >= 4 is 54.6 Å². The first kappa shape index (κ1) is 25.7. The first-order chi connectivity index (χ1) is 41.8. The van der Waals surface area contributed by atoms with Crippen molar-refractivity contribution in [3.05, 3.63) is 242 Å². The fourth-order valence-corrected chi connectivity index (χ4v) is 8.83. The van der Waals surface area contributed by atoms with Gasteiger partial charge in [0, 0.05) is 63.5 Å². The topological polar surface area (TPSA) is 40.8 Å². The summed E-state index contributed by atoms with van der Waals surface area (Å²) < 4.78 is 188. The summed E-state index contributed by atoms with van der Waals surface area (Å²) in [6.07, 6.45) is 3.04. The molecule has 0 saturated heterocycles. The second-order valence-corrected chi connectivity index (χ2v) is 15.5. The Bertz CT molecular complexity index is 5030. The molecule has 7 heteroatoms. The normalized spacial score (nSPS) is 15.8. The number of imidazole rings is 1. The molecule has 0 aliphatic carbocycles. The number of ether oxygens (including phenoxy) is 1. The molecule has 0 aliphatic rings. The van der Waals surface area contributed by atoms with E-state index in [4.69, 9.17) is 32.2 Å². The van der Waals surface area contributed by atoms with Gasteiger partial charge in [0.1, 0.15) is 5.82 Å². The third-order valence-corrected chi connectivity index (χ3v) is 11.8. The SMILES string of the molecule is [2H]c1c([2H])c([2H])c(-c2cccc(-c3c([2H])c([2H])c([2H])c([2H])c3[2H])c2-[n+]2[c-]n(-c3[c-]c(Oc4[c-]c5c(cc4)c4cc(-n6c7c([2H])c([2H])c([2H])c([2H])c7c7c([2H])c([2H])c([2H])c([2H])c76)ccc4n5-c4cc(C([2H])([2H])C)ccn4)ccc3)c3ccccc32)c([2H])c1[2H].[Pt]. The van der Waals surface area contributed by atoms with Gasteiger partial charge in [-0.15, -0.1) is 29.7 Å². The molecule has 4 heterocycles. The molecule has 4 aromatic heterocycles. The van der Waals surface area contributed by atoms with Crippen LogP contribution in [0.1, 0.15) is 39.9 Å². The molecule has 0 aliphatic heterocycles. The van der Waals surface area contributed by atoms with Crippen molar-refractivity contribution in [3.8, 4) is 56.6 Å². The third kappa shape index (κ3) is 7.15. The molecule has 0 N–H and O–H groups in total. The summed E-state index contributed by atoms with van der Waals surface area (Å²) in [5.41, 5.74) is 2.50. The molecule has 6 nitrogen and oxygen atoms in total. The largest absolute Gasteiger partial charge is 0.510 e.